The molecule has 156 valence electrons. The molecule has 0 radical (unpaired) electrons. The first-order valence-electron chi connectivity index (χ1n) is 9.83. The van der Waals surface area contributed by atoms with Crippen molar-refractivity contribution in [1.29, 1.82) is 0 Å². The molecule has 30 heavy (non-hydrogen) atoms. The zero-order chi connectivity index (χ0) is 21.1. The molecule has 1 fully saturated rings. The number of para-hydroxylation sites is 1. The summed E-state index contributed by atoms with van der Waals surface area (Å²) in [5.74, 6) is 0.0316. The van der Waals surface area contributed by atoms with E-state index in [1.165, 1.54) is 11.8 Å². The molecule has 0 spiro atoms. The SMILES string of the molecule is Cc1c(Cl)cccc1-n1c(SCC(=O)NC[C@H]2CCCO2)nc2ccccc2c1=O. The molecule has 2 heterocycles. The molecule has 6 nitrogen and oxygen atoms in total. The molecule has 8 heteroatoms. The molecule has 1 aromatic heterocycles. The van der Waals surface area contributed by atoms with Crippen LogP contribution in [0, 0.1) is 6.92 Å². The van der Waals surface area contributed by atoms with Gasteiger partial charge < -0.3 is 10.1 Å². The average molecular weight is 444 g/mol. The number of aromatic nitrogens is 2. The number of halogens is 1. The van der Waals surface area contributed by atoms with Gasteiger partial charge in [0.25, 0.3) is 5.56 Å². The number of ether oxygens (including phenoxy) is 1. The zero-order valence-corrected chi connectivity index (χ0v) is 18.1. The van der Waals surface area contributed by atoms with Gasteiger partial charge in [0.05, 0.1) is 28.4 Å². The molecule has 0 unspecified atom stereocenters. The minimum atomic E-state index is -0.187. The maximum Gasteiger partial charge on any atom is 0.266 e. The Morgan fingerprint density at radius 1 is 1.30 bits per heavy atom. The molecule has 1 amide bonds. The summed E-state index contributed by atoms with van der Waals surface area (Å²) < 4.78 is 7.08. The van der Waals surface area contributed by atoms with E-state index in [0.29, 0.717) is 33.3 Å². The van der Waals surface area contributed by atoms with Gasteiger partial charge in [0.2, 0.25) is 5.91 Å². The Morgan fingerprint density at radius 2 is 2.13 bits per heavy atom. The van der Waals surface area contributed by atoms with E-state index in [1.54, 1.807) is 28.8 Å². The Kier molecular flexibility index (Phi) is 6.41. The number of benzene rings is 2. The van der Waals surface area contributed by atoms with Gasteiger partial charge in [-0.2, -0.15) is 0 Å². The number of carbonyl (C=O) groups excluding carboxylic acids is 1. The van der Waals surface area contributed by atoms with E-state index in [4.69, 9.17) is 16.3 Å². The number of hydrogen-bond donors (Lipinski definition) is 1. The molecular weight excluding hydrogens is 422 g/mol. The first-order chi connectivity index (χ1) is 14.5. The van der Waals surface area contributed by atoms with Gasteiger partial charge in [0.15, 0.2) is 5.16 Å². The normalized spacial score (nSPS) is 16.1. The Hall–Kier alpha value is -2.35. The van der Waals surface area contributed by atoms with Gasteiger partial charge in [-0.25, -0.2) is 4.98 Å². The van der Waals surface area contributed by atoms with E-state index >= 15 is 0 Å². The summed E-state index contributed by atoms with van der Waals surface area (Å²) in [5, 5.41) is 4.45. The number of amides is 1. The molecule has 2 aromatic carbocycles. The Labute approximate surface area is 183 Å². The van der Waals surface area contributed by atoms with Crippen LogP contribution in [0.15, 0.2) is 52.4 Å². The molecule has 1 aliphatic heterocycles. The Bertz CT molecular complexity index is 1140. The topological polar surface area (TPSA) is 73.2 Å². The van der Waals surface area contributed by atoms with E-state index in [0.717, 1.165) is 25.0 Å². The highest BCUT2D eigenvalue weighted by Crippen LogP contribution is 2.26. The maximum atomic E-state index is 13.3. The first-order valence-corrected chi connectivity index (χ1v) is 11.2. The summed E-state index contributed by atoms with van der Waals surface area (Å²) in [4.78, 5) is 30.3. The van der Waals surface area contributed by atoms with Crippen LogP contribution in [0.5, 0.6) is 0 Å². The lowest BCUT2D eigenvalue weighted by atomic mass is 10.2. The summed E-state index contributed by atoms with van der Waals surface area (Å²) in [6.07, 6.45) is 2.08. The summed E-state index contributed by atoms with van der Waals surface area (Å²) in [6, 6.07) is 12.6. The molecule has 0 bridgehead atoms. The van der Waals surface area contributed by atoms with Crippen LogP contribution in [-0.4, -0.2) is 40.5 Å². The standard InChI is InChI=1S/C22H22ClN3O3S/c1-14-17(23)8-4-10-19(14)26-21(28)16-7-2-3-9-18(16)25-22(26)30-13-20(27)24-12-15-6-5-11-29-15/h2-4,7-10,15H,5-6,11-13H2,1H3,(H,24,27)/t15-/m1/s1. The highest BCUT2D eigenvalue weighted by atomic mass is 35.5. The minimum absolute atomic E-state index is 0.0880. The van der Waals surface area contributed by atoms with Gasteiger partial charge >= 0.3 is 0 Å². The number of nitrogens with zero attached hydrogens (tertiary/aromatic N) is 2. The largest absolute Gasteiger partial charge is 0.376 e. The smallest absolute Gasteiger partial charge is 0.266 e. The third-order valence-corrected chi connectivity index (χ3v) is 6.46. The third-order valence-electron chi connectivity index (χ3n) is 5.11. The van der Waals surface area contributed by atoms with Crippen LogP contribution in [-0.2, 0) is 9.53 Å². The van der Waals surface area contributed by atoms with Gasteiger partial charge in [-0.1, -0.05) is 41.6 Å². The number of nitrogens with one attached hydrogen (secondary N) is 1. The lowest BCUT2D eigenvalue weighted by molar-refractivity contribution is -0.119. The van der Waals surface area contributed by atoms with Crippen molar-refractivity contribution in [2.75, 3.05) is 18.9 Å². The monoisotopic (exact) mass is 443 g/mol. The predicted octanol–water partition coefficient (Wildman–Crippen LogP) is 3.73. The van der Waals surface area contributed by atoms with Crippen molar-refractivity contribution in [1.82, 2.24) is 14.9 Å². The van der Waals surface area contributed by atoms with E-state index in [9.17, 15) is 9.59 Å². The summed E-state index contributed by atoms with van der Waals surface area (Å²) >= 11 is 7.53. The van der Waals surface area contributed by atoms with Crippen LogP contribution in [0.1, 0.15) is 18.4 Å². The maximum absolute atomic E-state index is 13.3. The van der Waals surface area contributed by atoms with Crippen molar-refractivity contribution < 1.29 is 9.53 Å². The van der Waals surface area contributed by atoms with Gasteiger partial charge in [0.1, 0.15) is 0 Å². The van der Waals surface area contributed by atoms with Gasteiger partial charge in [0, 0.05) is 18.2 Å². The quantitative estimate of drug-likeness (QED) is 0.464. The number of rotatable bonds is 6. The zero-order valence-electron chi connectivity index (χ0n) is 16.6. The van der Waals surface area contributed by atoms with E-state index in [1.807, 2.05) is 25.1 Å². The van der Waals surface area contributed by atoms with Crippen molar-refractivity contribution in [3.63, 3.8) is 0 Å². The molecule has 1 atom stereocenters. The van der Waals surface area contributed by atoms with Crippen LogP contribution in [0.4, 0.5) is 0 Å². The minimum Gasteiger partial charge on any atom is -0.376 e. The number of fused-ring (bicyclic) bond motifs is 1. The van der Waals surface area contributed by atoms with Crippen LogP contribution >= 0.6 is 23.4 Å². The summed E-state index contributed by atoms with van der Waals surface area (Å²) in [5.41, 5.74) is 1.85. The van der Waals surface area contributed by atoms with Crippen LogP contribution < -0.4 is 10.9 Å². The lowest BCUT2D eigenvalue weighted by Crippen LogP contribution is -2.33. The Morgan fingerprint density at radius 3 is 2.93 bits per heavy atom. The Balaban J connectivity index is 1.65. The molecule has 0 saturated carbocycles. The van der Waals surface area contributed by atoms with Gasteiger partial charge in [-0.3, -0.25) is 14.2 Å². The van der Waals surface area contributed by atoms with E-state index in [-0.39, 0.29) is 23.3 Å². The van der Waals surface area contributed by atoms with Crippen molar-refractivity contribution in [3.8, 4) is 5.69 Å². The molecule has 1 saturated heterocycles. The van der Waals surface area contributed by atoms with Gasteiger partial charge in [-0.05, 0) is 49.6 Å². The predicted molar refractivity (Wildman–Crippen MR) is 120 cm³/mol. The van der Waals surface area contributed by atoms with Crippen LogP contribution in [0.25, 0.3) is 16.6 Å². The summed E-state index contributed by atoms with van der Waals surface area (Å²) in [7, 11) is 0. The number of carbonyl (C=O) groups is 1. The second-order valence-corrected chi connectivity index (χ2v) is 8.51. The molecule has 3 aromatic rings. The average Bonchev–Trinajstić information content (AvgIpc) is 3.27. The lowest BCUT2D eigenvalue weighted by Gasteiger charge is -2.16. The molecule has 1 aliphatic rings. The fourth-order valence-electron chi connectivity index (χ4n) is 3.47. The van der Waals surface area contributed by atoms with Crippen LogP contribution in [0.3, 0.4) is 0 Å². The second kappa shape index (κ2) is 9.20. The summed E-state index contributed by atoms with van der Waals surface area (Å²) in [6.45, 7) is 3.12. The van der Waals surface area contributed by atoms with Crippen molar-refractivity contribution in [2.24, 2.45) is 0 Å². The third kappa shape index (κ3) is 4.38. The molecule has 1 N–H and O–H groups in total. The van der Waals surface area contributed by atoms with E-state index in [2.05, 4.69) is 10.3 Å². The second-order valence-electron chi connectivity index (χ2n) is 7.16. The fraction of sp³-hybridized carbons (Fsp3) is 0.318. The highest BCUT2D eigenvalue weighted by molar-refractivity contribution is 7.99. The van der Waals surface area contributed by atoms with Gasteiger partial charge in [-0.15, -0.1) is 0 Å². The molecular formula is C22H22ClN3O3S. The van der Waals surface area contributed by atoms with Crippen molar-refractivity contribution in [2.45, 2.75) is 31.0 Å². The fourth-order valence-corrected chi connectivity index (χ4v) is 4.48. The van der Waals surface area contributed by atoms with Crippen molar-refractivity contribution in [3.05, 3.63) is 63.4 Å². The van der Waals surface area contributed by atoms with E-state index < -0.39 is 0 Å². The highest BCUT2D eigenvalue weighted by Gasteiger charge is 2.19. The first kappa shape index (κ1) is 20.9. The molecule has 0 aliphatic carbocycles. The number of thioether (sulfide) groups is 1. The number of hydrogen-bond acceptors (Lipinski definition) is 5. The van der Waals surface area contributed by atoms with Crippen LogP contribution in [0.2, 0.25) is 5.02 Å². The van der Waals surface area contributed by atoms with Crippen molar-refractivity contribution >= 4 is 40.2 Å². The molecule has 4 rings (SSSR count).